The van der Waals surface area contributed by atoms with Crippen molar-refractivity contribution in [2.45, 2.75) is 45.8 Å². The predicted molar refractivity (Wildman–Crippen MR) is 55.0 cm³/mol. The first-order chi connectivity index (χ1) is 6.40. The van der Waals surface area contributed by atoms with Crippen LogP contribution in [0.5, 0.6) is 0 Å². The lowest BCUT2D eigenvalue weighted by Crippen LogP contribution is -2.51. The third-order valence-corrected chi connectivity index (χ3v) is 2.18. The molecule has 1 unspecified atom stereocenters. The zero-order valence-corrected chi connectivity index (χ0v) is 9.46. The SMILES string of the molecule is CCOCCC(=O)NC(C)(C)C(C)O. The zero-order chi connectivity index (χ0) is 11.2. The molecule has 0 saturated heterocycles. The molecule has 0 rings (SSSR count). The average molecular weight is 203 g/mol. The molecule has 0 radical (unpaired) electrons. The van der Waals surface area contributed by atoms with Crippen LogP contribution < -0.4 is 5.32 Å². The second-order valence-corrected chi connectivity index (χ2v) is 3.89. The van der Waals surface area contributed by atoms with Crippen molar-refractivity contribution in [1.29, 1.82) is 0 Å². The number of nitrogens with one attached hydrogen (secondary N) is 1. The highest BCUT2D eigenvalue weighted by Gasteiger charge is 2.25. The van der Waals surface area contributed by atoms with E-state index >= 15 is 0 Å². The Kier molecular flexibility index (Phi) is 5.72. The van der Waals surface area contributed by atoms with Gasteiger partial charge in [-0.05, 0) is 27.7 Å². The number of ether oxygens (including phenoxy) is 1. The van der Waals surface area contributed by atoms with Gasteiger partial charge in [-0.25, -0.2) is 0 Å². The fourth-order valence-electron chi connectivity index (χ4n) is 0.835. The highest BCUT2D eigenvalue weighted by atomic mass is 16.5. The molecule has 0 aromatic heterocycles. The number of carbonyl (C=O) groups excluding carboxylic acids is 1. The molecule has 0 aliphatic rings. The number of amides is 1. The van der Waals surface area contributed by atoms with E-state index in [-0.39, 0.29) is 5.91 Å². The van der Waals surface area contributed by atoms with E-state index in [0.29, 0.717) is 19.6 Å². The molecule has 0 bridgehead atoms. The summed E-state index contributed by atoms with van der Waals surface area (Å²) < 4.78 is 5.06. The highest BCUT2D eigenvalue weighted by molar-refractivity contribution is 5.76. The van der Waals surface area contributed by atoms with Crippen LogP contribution in [0.2, 0.25) is 0 Å². The predicted octanol–water partition coefficient (Wildman–Crippen LogP) is 0.689. The number of aliphatic hydroxyl groups excluding tert-OH is 1. The van der Waals surface area contributed by atoms with Crippen LogP contribution in [0.4, 0.5) is 0 Å². The van der Waals surface area contributed by atoms with Crippen LogP contribution in [0.15, 0.2) is 0 Å². The third-order valence-electron chi connectivity index (χ3n) is 2.18. The number of aliphatic hydroxyl groups is 1. The summed E-state index contributed by atoms with van der Waals surface area (Å²) in [5.74, 6) is -0.0932. The van der Waals surface area contributed by atoms with Crippen molar-refractivity contribution in [3.8, 4) is 0 Å². The van der Waals surface area contributed by atoms with Gasteiger partial charge in [-0.15, -0.1) is 0 Å². The minimum Gasteiger partial charge on any atom is -0.391 e. The molecular formula is C10H21NO3. The van der Waals surface area contributed by atoms with Crippen LogP contribution in [0, 0.1) is 0 Å². The maximum atomic E-state index is 11.3. The highest BCUT2D eigenvalue weighted by Crippen LogP contribution is 2.08. The van der Waals surface area contributed by atoms with Crippen molar-refractivity contribution >= 4 is 5.91 Å². The Morgan fingerprint density at radius 2 is 2.14 bits per heavy atom. The molecule has 4 nitrogen and oxygen atoms in total. The zero-order valence-electron chi connectivity index (χ0n) is 9.46. The number of hydrogen-bond acceptors (Lipinski definition) is 3. The van der Waals surface area contributed by atoms with Gasteiger partial charge in [-0.1, -0.05) is 0 Å². The molecular weight excluding hydrogens is 182 g/mol. The summed E-state index contributed by atoms with van der Waals surface area (Å²) in [4.78, 5) is 11.3. The number of carbonyl (C=O) groups is 1. The molecule has 0 spiro atoms. The Labute approximate surface area is 85.6 Å². The van der Waals surface area contributed by atoms with Gasteiger partial charge in [0.05, 0.1) is 18.2 Å². The molecule has 14 heavy (non-hydrogen) atoms. The first kappa shape index (κ1) is 13.4. The average Bonchev–Trinajstić information content (AvgIpc) is 2.03. The molecule has 0 fully saturated rings. The van der Waals surface area contributed by atoms with Crippen LogP contribution in [-0.4, -0.2) is 35.9 Å². The van der Waals surface area contributed by atoms with E-state index in [1.807, 2.05) is 6.92 Å². The van der Waals surface area contributed by atoms with Crippen molar-refractivity contribution in [3.63, 3.8) is 0 Å². The standard InChI is InChI=1S/C10H21NO3/c1-5-14-7-6-9(13)11-10(3,4)8(2)12/h8,12H,5-7H2,1-4H3,(H,11,13). The van der Waals surface area contributed by atoms with E-state index in [1.165, 1.54) is 0 Å². The Morgan fingerprint density at radius 3 is 2.57 bits per heavy atom. The van der Waals surface area contributed by atoms with Gasteiger partial charge in [0.1, 0.15) is 0 Å². The summed E-state index contributed by atoms with van der Waals surface area (Å²) in [5.41, 5.74) is -0.580. The number of hydrogen-bond donors (Lipinski definition) is 2. The van der Waals surface area contributed by atoms with Crippen LogP contribution in [0.1, 0.15) is 34.1 Å². The molecule has 1 atom stereocenters. The van der Waals surface area contributed by atoms with Gasteiger partial charge in [0.15, 0.2) is 0 Å². The fraction of sp³-hybridized carbons (Fsp3) is 0.900. The van der Waals surface area contributed by atoms with Gasteiger partial charge in [0, 0.05) is 13.0 Å². The molecule has 0 aliphatic carbocycles. The van der Waals surface area contributed by atoms with Gasteiger partial charge >= 0.3 is 0 Å². The molecule has 0 heterocycles. The normalized spacial score (nSPS) is 13.8. The van der Waals surface area contributed by atoms with Gasteiger partial charge < -0.3 is 15.2 Å². The molecule has 0 aliphatic heterocycles. The van der Waals surface area contributed by atoms with Gasteiger partial charge in [0.2, 0.25) is 5.91 Å². The Hall–Kier alpha value is -0.610. The second-order valence-electron chi connectivity index (χ2n) is 3.89. The van der Waals surface area contributed by atoms with Crippen molar-refractivity contribution in [3.05, 3.63) is 0 Å². The van der Waals surface area contributed by atoms with Crippen molar-refractivity contribution in [1.82, 2.24) is 5.32 Å². The number of rotatable bonds is 6. The van der Waals surface area contributed by atoms with E-state index < -0.39 is 11.6 Å². The Morgan fingerprint density at radius 1 is 1.57 bits per heavy atom. The monoisotopic (exact) mass is 203 g/mol. The minimum absolute atomic E-state index is 0.0932. The molecule has 0 aromatic carbocycles. The van der Waals surface area contributed by atoms with Crippen molar-refractivity contribution in [2.24, 2.45) is 0 Å². The van der Waals surface area contributed by atoms with E-state index in [0.717, 1.165) is 0 Å². The van der Waals surface area contributed by atoms with E-state index in [2.05, 4.69) is 5.32 Å². The maximum Gasteiger partial charge on any atom is 0.222 e. The molecule has 4 heteroatoms. The summed E-state index contributed by atoms with van der Waals surface area (Å²) in [7, 11) is 0. The van der Waals surface area contributed by atoms with Crippen LogP contribution in [-0.2, 0) is 9.53 Å². The van der Waals surface area contributed by atoms with Gasteiger partial charge in [-0.3, -0.25) is 4.79 Å². The smallest absolute Gasteiger partial charge is 0.222 e. The Bertz CT molecular complexity index is 178. The first-order valence-corrected chi connectivity index (χ1v) is 4.97. The lowest BCUT2D eigenvalue weighted by atomic mass is 9.99. The first-order valence-electron chi connectivity index (χ1n) is 4.97. The summed E-state index contributed by atoms with van der Waals surface area (Å²) in [6, 6.07) is 0. The van der Waals surface area contributed by atoms with Crippen molar-refractivity contribution < 1.29 is 14.6 Å². The van der Waals surface area contributed by atoms with E-state index in [1.54, 1.807) is 20.8 Å². The maximum absolute atomic E-state index is 11.3. The molecule has 0 aromatic rings. The van der Waals surface area contributed by atoms with Crippen LogP contribution in [0.3, 0.4) is 0 Å². The van der Waals surface area contributed by atoms with Crippen molar-refractivity contribution in [2.75, 3.05) is 13.2 Å². The van der Waals surface area contributed by atoms with Gasteiger partial charge in [-0.2, -0.15) is 0 Å². The van der Waals surface area contributed by atoms with E-state index in [4.69, 9.17) is 4.74 Å². The van der Waals surface area contributed by atoms with Gasteiger partial charge in [0.25, 0.3) is 0 Å². The lowest BCUT2D eigenvalue weighted by molar-refractivity contribution is -0.125. The second kappa shape index (κ2) is 5.98. The molecule has 1 amide bonds. The third kappa shape index (κ3) is 5.19. The van der Waals surface area contributed by atoms with Crippen LogP contribution >= 0.6 is 0 Å². The van der Waals surface area contributed by atoms with E-state index in [9.17, 15) is 9.90 Å². The summed E-state index contributed by atoms with van der Waals surface area (Å²) in [6.45, 7) is 8.16. The molecule has 2 N–H and O–H groups in total. The summed E-state index contributed by atoms with van der Waals surface area (Å²) >= 11 is 0. The fourth-order valence-corrected chi connectivity index (χ4v) is 0.835. The quantitative estimate of drug-likeness (QED) is 0.624. The molecule has 0 saturated carbocycles. The lowest BCUT2D eigenvalue weighted by Gasteiger charge is -2.29. The summed E-state index contributed by atoms with van der Waals surface area (Å²) in [6.07, 6.45) is -0.234. The van der Waals surface area contributed by atoms with Crippen LogP contribution in [0.25, 0.3) is 0 Å². The largest absolute Gasteiger partial charge is 0.391 e. The topological polar surface area (TPSA) is 58.6 Å². The Balaban J connectivity index is 3.82. The summed E-state index contributed by atoms with van der Waals surface area (Å²) in [5, 5.41) is 12.1. The minimum atomic E-state index is -0.580. The molecule has 84 valence electrons.